The van der Waals surface area contributed by atoms with Crippen molar-refractivity contribution in [3.05, 3.63) is 120 Å². The van der Waals surface area contributed by atoms with Gasteiger partial charge in [0.2, 0.25) is 11.8 Å². The van der Waals surface area contributed by atoms with Crippen LogP contribution in [0.4, 0.5) is 11.4 Å². The lowest BCUT2D eigenvalue weighted by Gasteiger charge is -2.09. The second-order valence-electron chi connectivity index (χ2n) is 7.52. The van der Waals surface area contributed by atoms with E-state index in [4.69, 9.17) is 14.2 Å². The van der Waals surface area contributed by atoms with Crippen LogP contribution >= 0.6 is 0 Å². The largest absolute Gasteiger partial charge is 0.478 e. The summed E-state index contributed by atoms with van der Waals surface area (Å²) in [5.74, 6) is 2.63. The van der Waals surface area contributed by atoms with Gasteiger partial charge in [-0.1, -0.05) is 36.4 Å². The monoisotopic (exact) mass is 464 g/mol. The minimum atomic E-state index is 0.548. The summed E-state index contributed by atoms with van der Waals surface area (Å²) < 4.78 is 17.5. The van der Waals surface area contributed by atoms with Gasteiger partial charge in [-0.3, -0.25) is 0 Å². The predicted octanol–water partition coefficient (Wildman–Crippen LogP) is 7.71. The number of ether oxygens (including phenoxy) is 3. The van der Waals surface area contributed by atoms with E-state index in [1.807, 2.05) is 123 Å². The summed E-state index contributed by atoms with van der Waals surface area (Å²) in [7, 11) is 0. The Morgan fingerprint density at radius 3 is 1.23 bits per heavy atom. The molecular formula is C30H28N2O3. The lowest BCUT2D eigenvalue weighted by atomic mass is 10.2. The van der Waals surface area contributed by atoms with Crippen LogP contribution in [0, 0.1) is 0 Å². The molecule has 4 aromatic rings. The molecule has 0 aliphatic carbocycles. The molecule has 4 rings (SSSR count). The zero-order valence-electron chi connectivity index (χ0n) is 19.9. The molecular weight excluding hydrogens is 436 g/mol. The highest BCUT2D eigenvalue weighted by molar-refractivity contribution is 5.96. The van der Waals surface area contributed by atoms with Gasteiger partial charge in [0.25, 0.3) is 0 Å². The summed E-state index contributed by atoms with van der Waals surface area (Å²) in [6.45, 7) is 5.00. The van der Waals surface area contributed by atoms with Crippen molar-refractivity contribution in [1.29, 1.82) is 0 Å². The molecule has 0 aromatic heterocycles. The average Bonchev–Trinajstić information content (AvgIpc) is 2.91. The van der Waals surface area contributed by atoms with Gasteiger partial charge in [-0.2, -0.15) is 0 Å². The summed E-state index contributed by atoms with van der Waals surface area (Å²) in [6, 6.07) is 34.9. The minimum absolute atomic E-state index is 0.548. The maximum atomic E-state index is 6.00. The number of hydrogen-bond donors (Lipinski definition) is 0. The maximum absolute atomic E-state index is 6.00. The average molecular weight is 465 g/mol. The quantitative estimate of drug-likeness (QED) is 0.198. The number of nitrogens with zero attached hydrogens (tertiary/aromatic N) is 2. The summed E-state index contributed by atoms with van der Waals surface area (Å²) in [5, 5.41) is 0. The maximum Gasteiger partial charge on any atom is 0.221 e. The van der Waals surface area contributed by atoms with Crippen molar-refractivity contribution >= 4 is 23.2 Å². The van der Waals surface area contributed by atoms with Crippen molar-refractivity contribution in [3.8, 4) is 11.5 Å². The molecule has 0 saturated heterocycles. The Balaban J connectivity index is 1.45. The van der Waals surface area contributed by atoms with Gasteiger partial charge < -0.3 is 14.2 Å². The third-order valence-corrected chi connectivity index (χ3v) is 4.97. The first-order chi connectivity index (χ1) is 17.2. The number of hydrogen-bond acceptors (Lipinski definition) is 5. The smallest absolute Gasteiger partial charge is 0.221 e. The fraction of sp³-hybridized carbons (Fsp3) is 0.133. The summed E-state index contributed by atoms with van der Waals surface area (Å²) in [6.07, 6.45) is 0. The lowest BCUT2D eigenvalue weighted by Crippen LogP contribution is -2.05. The van der Waals surface area contributed by atoms with Crippen LogP contribution in [0.1, 0.15) is 25.0 Å². The van der Waals surface area contributed by atoms with E-state index in [9.17, 15) is 0 Å². The van der Waals surface area contributed by atoms with Gasteiger partial charge in [0.1, 0.15) is 11.5 Å². The number of rotatable bonds is 8. The molecule has 0 radical (unpaired) electrons. The van der Waals surface area contributed by atoms with Gasteiger partial charge in [-0.05, 0) is 86.6 Å². The fourth-order valence-electron chi connectivity index (χ4n) is 3.34. The Labute approximate surface area is 206 Å². The van der Waals surface area contributed by atoms with Crippen molar-refractivity contribution in [2.24, 2.45) is 9.98 Å². The predicted molar refractivity (Wildman–Crippen MR) is 141 cm³/mol. The van der Waals surface area contributed by atoms with Gasteiger partial charge >= 0.3 is 0 Å². The van der Waals surface area contributed by atoms with Crippen molar-refractivity contribution in [1.82, 2.24) is 0 Å². The number of benzene rings is 4. The van der Waals surface area contributed by atoms with E-state index in [1.54, 1.807) is 0 Å². The third kappa shape index (κ3) is 6.81. The molecule has 0 aliphatic heterocycles. The molecule has 5 heteroatoms. The first kappa shape index (κ1) is 23.8. The molecule has 176 valence electrons. The fourth-order valence-corrected chi connectivity index (χ4v) is 3.34. The Bertz CT molecular complexity index is 1150. The van der Waals surface area contributed by atoms with Crippen LogP contribution in [0.25, 0.3) is 0 Å². The Kier molecular flexibility index (Phi) is 8.28. The van der Waals surface area contributed by atoms with Crippen LogP contribution in [-0.2, 0) is 9.47 Å². The van der Waals surface area contributed by atoms with E-state index in [2.05, 4.69) is 9.98 Å². The summed E-state index contributed by atoms with van der Waals surface area (Å²) >= 11 is 0. The van der Waals surface area contributed by atoms with Gasteiger partial charge in [0.05, 0.1) is 24.6 Å². The first-order valence-electron chi connectivity index (χ1n) is 11.7. The van der Waals surface area contributed by atoms with Crippen molar-refractivity contribution in [2.75, 3.05) is 13.2 Å². The van der Waals surface area contributed by atoms with E-state index < -0.39 is 0 Å². The standard InChI is InChI=1S/C30H28N2O3/c1-3-33-29(23-11-7-5-8-12-23)31-25-15-19-27(20-16-25)35-28-21-17-26(18-22-28)32-30(34-4-2)24-13-9-6-10-14-24/h5-22H,3-4H2,1-2H3. The lowest BCUT2D eigenvalue weighted by molar-refractivity contribution is 0.328. The van der Waals surface area contributed by atoms with E-state index in [0.717, 1.165) is 34.0 Å². The van der Waals surface area contributed by atoms with Crippen molar-refractivity contribution in [3.63, 3.8) is 0 Å². The summed E-state index contributed by atoms with van der Waals surface area (Å²) in [5.41, 5.74) is 3.46. The highest BCUT2D eigenvalue weighted by atomic mass is 16.5. The highest BCUT2D eigenvalue weighted by Crippen LogP contribution is 2.27. The molecule has 5 nitrogen and oxygen atoms in total. The molecule has 0 bridgehead atoms. The Morgan fingerprint density at radius 2 is 0.886 bits per heavy atom. The van der Waals surface area contributed by atoms with Gasteiger partial charge in [0, 0.05) is 11.1 Å². The molecule has 0 unspecified atom stereocenters. The second kappa shape index (κ2) is 12.2. The van der Waals surface area contributed by atoms with E-state index in [0.29, 0.717) is 25.0 Å². The highest BCUT2D eigenvalue weighted by Gasteiger charge is 2.06. The molecule has 0 N–H and O–H groups in total. The van der Waals surface area contributed by atoms with Crippen LogP contribution in [0.3, 0.4) is 0 Å². The topological polar surface area (TPSA) is 52.4 Å². The molecule has 4 aromatic carbocycles. The Morgan fingerprint density at radius 1 is 0.514 bits per heavy atom. The van der Waals surface area contributed by atoms with E-state index in [-0.39, 0.29) is 0 Å². The second-order valence-corrected chi connectivity index (χ2v) is 7.52. The summed E-state index contributed by atoms with van der Waals surface area (Å²) in [4.78, 5) is 9.32. The zero-order chi connectivity index (χ0) is 24.3. The SMILES string of the molecule is CCOC(=Nc1ccc(Oc2ccc(N=C(OCC)c3ccccc3)cc2)cc1)c1ccccc1. The molecule has 0 aliphatic rings. The van der Waals surface area contributed by atoms with Crippen LogP contribution in [0.2, 0.25) is 0 Å². The van der Waals surface area contributed by atoms with Crippen LogP contribution in [0.5, 0.6) is 11.5 Å². The minimum Gasteiger partial charge on any atom is -0.478 e. The zero-order valence-corrected chi connectivity index (χ0v) is 19.9. The van der Waals surface area contributed by atoms with E-state index >= 15 is 0 Å². The molecule has 0 fully saturated rings. The molecule has 35 heavy (non-hydrogen) atoms. The molecule has 0 heterocycles. The number of aliphatic imine (C=N–C) groups is 2. The third-order valence-electron chi connectivity index (χ3n) is 4.97. The first-order valence-corrected chi connectivity index (χ1v) is 11.7. The Hall–Kier alpha value is -4.38. The van der Waals surface area contributed by atoms with Crippen molar-refractivity contribution < 1.29 is 14.2 Å². The normalized spacial score (nSPS) is 11.7. The van der Waals surface area contributed by atoms with Gasteiger partial charge in [-0.15, -0.1) is 0 Å². The van der Waals surface area contributed by atoms with Crippen LogP contribution < -0.4 is 4.74 Å². The van der Waals surface area contributed by atoms with Gasteiger partial charge in [-0.25, -0.2) is 9.98 Å². The van der Waals surface area contributed by atoms with Crippen LogP contribution in [0.15, 0.2) is 119 Å². The molecule has 0 spiro atoms. The molecule has 0 amide bonds. The molecule has 0 atom stereocenters. The van der Waals surface area contributed by atoms with Gasteiger partial charge in [0.15, 0.2) is 0 Å². The molecule has 0 saturated carbocycles. The van der Waals surface area contributed by atoms with Crippen molar-refractivity contribution in [2.45, 2.75) is 13.8 Å². The van der Waals surface area contributed by atoms with E-state index in [1.165, 1.54) is 0 Å². The van der Waals surface area contributed by atoms with Crippen LogP contribution in [-0.4, -0.2) is 25.0 Å².